The van der Waals surface area contributed by atoms with Gasteiger partial charge in [-0.2, -0.15) is 0 Å². The van der Waals surface area contributed by atoms with E-state index in [0.717, 1.165) is 29.7 Å². The molecule has 2 aliphatic rings. The Hall–Kier alpha value is -5.02. The van der Waals surface area contributed by atoms with Gasteiger partial charge in [0.25, 0.3) is 0 Å². The molecule has 4 aromatic rings. The molecule has 0 radical (unpaired) electrons. The Morgan fingerprint density at radius 2 is 1.51 bits per heavy atom. The number of methoxy groups -OCH3 is 3. The first-order valence-electron chi connectivity index (χ1n) is 14.8. The van der Waals surface area contributed by atoms with Gasteiger partial charge in [-0.25, -0.2) is 0 Å². The number of benzene rings is 4. The van der Waals surface area contributed by atoms with Gasteiger partial charge in [0, 0.05) is 30.3 Å². The van der Waals surface area contributed by atoms with Gasteiger partial charge in [0.2, 0.25) is 5.78 Å². The number of phenolic OH excluding ortho intramolecular Hbond substituents is 2. The molecule has 1 atom stereocenters. The third-order valence-electron chi connectivity index (χ3n) is 8.59. The first-order valence-corrected chi connectivity index (χ1v) is 14.8. The zero-order valence-corrected chi connectivity index (χ0v) is 25.8. The fourth-order valence-corrected chi connectivity index (χ4v) is 6.13. The van der Waals surface area contributed by atoms with Crippen LogP contribution in [0.15, 0.2) is 71.7 Å². The molecule has 0 spiro atoms. The molecule has 0 saturated heterocycles. The number of aliphatic imine (C=N–C) groups is 1. The number of hydrogen-bond acceptors (Lipinski definition) is 9. The fourth-order valence-electron chi connectivity index (χ4n) is 6.13. The van der Waals surface area contributed by atoms with E-state index in [9.17, 15) is 15.0 Å². The van der Waals surface area contributed by atoms with E-state index < -0.39 is 0 Å². The van der Waals surface area contributed by atoms with E-state index in [1.807, 2.05) is 30.3 Å². The topological polar surface area (TPSA) is 110 Å². The highest BCUT2D eigenvalue weighted by Gasteiger charge is 2.28. The highest BCUT2D eigenvalue weighted by molar-refractivity contribution is 6.52. The van der Waals surface area contributed by atoms with Crippen molar-refractivity contribution in [2.75, 3.05) is 41.5 Å². The Morgan fingerprint density at radius 1 is 0.822 bits per heavy atom. The fraction of sp³-hybridized carbons (Fsp3) is 0.278. The quantitative estimate of drug-likeness (QED) is 0.226. The Bertz CT molecular complexity index is 1780. The van der Waals surface area contributed by atoms with Crippen LogP contribution in [-0.4, -0.2) is 68.1 Å². The summed E-state index contributed by atoms with van der Waals surface area (Å²) in [5.41, 5.74) is 5.61. The molecular weight excluding hydrogens is 572 g/mol. The van der Waals surface area contributed by atoms with Crippen molar-refractivity contribution in [3.63, 3.8) is 0 Å². The molecule has 0 saturated carbocycles. The lowest BCUT2D eigenvalue weighted by Gasteiger charge is -2.35. The van der Waals surface area contributed by atoms with Gasteiger partial charge in [-0.15, -0.1) is 0 Å². The van der Waals surface area contributed by atoms with Crippen LogP contribution in [0.5, 0.6) is 40.2 Å². The summed E-state index contributed by atoms with van der Waals surface area (Å²) in [4.78, 5) is 20.3. The predicted molar refractivity (Wildman–Crippen MR) is 171 cm³/mol. The van der Waals surface area contributed by atoms with Crippen LogP contribution in [0, 0.1) is 0 Å². The molecule has 0 bridgehead atoms. The first kappa shape index (κ1) is 30.0. The van der Waals surface area contributed by atoms with E-state index in [1.165, 1.54) is 12.7 Å². The van der Waals surface area contributed by atoms with Crippen molar-refractivity contribution in [3.05, 3.63) is 100 Å². The molecule has 0 fully saturated rings. The van der Waals surface area contributed by atoms with Crippen LogP contribution in [0.4, 0.5) is 0 Å². The van der Waals surface area contributed by atoms with Gasteiger partial charge in [0.1, 0.15) is 11.5 Å². The second-order valence-corrected chi connectivity index (χ2v) is 11.3. The number of Topliss-reactive ketones (excluding diaryl/α,β-unsaturated/α-hetero) is 1. The van der Waals surface area contributed by atoms with Crippen molar-refractivity contribution in [1.82, 2.24) is 4.90 Å². The molecule has 0 unspecified atom stereocenters. The van der Waals surface area contributed by atoms with Crippen LogP contribution in [0.2, 0.25) is 0 Å². The van der Waals surface area contributed by atoms with Crippen LogP contribution >= 0.6 is 0 Å². The second kappa shape index (κ2) is 12.5. The van der Waals surface area contributed by atoms with Crippen LogP contribution < -0.4 is 18.9 Å². The molecule has 6 rings (SSSR count). The van der Waals surface area contributed by atoms with Gasteiger partial charge in [0.15, 0.2) is 34.5 Å². The summed E-state index contributed by atoms with van der Waals surface area (Å²) in [6, 6.07) is 19.9. The highest BCUT2D eigenvalue weighted by Crippen LogP contribution is 2.40. The Kier molecular flexibility index (Phi) is 8.36. The molecule has 9 nitrogen and oxygen atoms in total. The van der Waals surface area contributed by atoms with E-state index in [0.29, 0.717) is 65.0 Å². The molecule has 0 amide bonds. The number of carbonyl (C=O) groups excluding carboxylic acids is 1. The van der Waals surface area contributed by atoms with Crippen LogP contribution in [-0.2, 0) is 19.3 Å². The standard InChI is InChI=1S/C36H36N2O7/c1-38-14-12-24-18-33(44-4)29(39)19-26(24)28(38)15-21-5-10-31(42-2)34(16-21)45-25-8-6-22(7-9-25)36(41)35-27-20-30(40)32(43-3)17-23(27)11-13-37-35/h5-10,16-20,28,39-40H,11-15H2,1-4H3/t28-/m1/s1. The molecule has 4 aromatic carbocycles. The predicted octanol–water partition coefficient (Wildman–Crippen LogP) is 5.92. The maximum absolute atomic E-state index is 13.5. The number of ketones is 1. The summed E-state index contributed by atoms with van der Waals surface area (Å²) in [5, 5.41) is 20.8. The van der Waals surface area contributed by atoms with Crippen LogP contribution in [0.1, 0.15) is 44.2 Å². The Balaban J connectivity index is 1.21. The molecule has 0 aromatic heterocycles. The van der Waals surface area contributed by atoms with E-state index in [2.05, 4.69) is 16.9 Å². The average Bonchev–Trinajstić information content (AvgIpc) is 3.05. The minimum Gasteiger partial charge on any atom is -0.504 e. The van der Waals surface area contributed by atoms with Gasteiger partial charge >= 0.3 is 0 Å². The van der Waals surface area contributed by atoms with Gasteiger partial charge in [-0.3, -0.25) is 14.7 Å². The molecular formula is C36H36N2O7. The van der Waals surface area contributed by atoms with Crippen LogP contribution in [0.25, 0.3) is 0 Å². The van der Waals surface area contributed by atoms with E-state index >= 15 is 0 Å². The number of phenols is 2. The number of hydrogen-bond donors (Lipinski definition) is 2. The minimum absolute atomic E-state index is 0.0312. The minimum atomic E-state index is -0.229. The number of carbonyl (C=O) groups is 1. The van der Waals surface area contributed by atoms with E-state index in [4.69, 9.17) is 18.9 Å². The van der Waals surface area contributed by atoms with Crippen molar-refractivity contribution < 1.29 is 34.0 Å². The molecule has 232 valence electrons. The van der Waals surface area contributed by atoms with E-state index in [-0.39, 0.29) is 23.3 Å². The first-order chi connectivity index (χ1) is 21.8. The van der Waals surface area contributed by atoms with Crippen molar-refractivity contribution in [2.24, 2.45) is 4.99 Å². The lowest BCUT2D eigenvalue weighted by Crippen LogP contribution is -2.33. The smallest absolute Gasteiger partial charge is 0.211 e. The lowest BCUT2D eigenvalue weighted by atomic mass is 9.88. The number of likely N-dealkylation sites (N-methyl/N-ethyl adjacent to an activating group) is 1. The number of fused-ring (bicyclic) bond motifs is 2. The Labute approximate surface area is 262 Å². The van der Waals surface area contributed by atoms with Gasteiger partial charge in [0.05, 0.1) is 21.3 Å². The zero-order chi connectivity index (χ0) is 31.7. The van der Waals surface area contributed by atoms with Crippen LogP contribution in [0.3, 0.4) is 0 Å². The number of rotatable bonds is 9. The van der Waals surface area contributed by atoms with Crippen molar-refractivity contribution in [1.29, 1.82) is 0 Å². The summed E-state index contributed by atoms with van der Waals surface area (Å²) in [6.07, 6.45) is 2.25. The zero-order valence-electron chi connectivity index (χ0n) is 25.8. The summed E-state index contributed by atoms with van der Waals surface area (Å²) >= 11 is 0. The lowest BCUT2D eigenvalue weighted by molar-refractivity contribution is 0.106. The van der Waals surface area contributed by atoms with Crippen molar-refractivity contribution in [2.45, 2.75) is 25.3 Å². The molecule has 2 N–H and O–H groups in total. The third kappa shape index (κ3) is 5.91. The SMILES string of the molecule is COc1cc2c(cc1O)C(C(=O)c1ccc(Oc3cc(C[C@@H]4c5cc(O)c(OC)cc5CCN4C)ccc3OC)cc1)=NCC2. The van der Waals surface area contributed by atoms with Crippen molar-refractivity contribution >= 4 is 11.5 Å². The summed E-state index contributed by atoms with van der Waals surface area (Å²) in [7, 11) is 6.75. The number of aromatic hydroxyl groups is 2. The molecule has 2 heterocycles. The molecule has 45 heavy (non-hydrogen) atoms. The van der Waals surface area contributed by atoms with Gasteiger partial charge in [-0.05, 0) is 109 Å². The number of nitrogens with zero attached hydrogens (tertiary/aromatic N) is 2. The Morgan fingerprint density at radius 3 is 2.22 bits per heavy atom. The second-order valence-electron chi connectivity index (χ2n) is 11.3. The summed E-state index contributed by atoms with van der Waals surface area (Å²) in [5.74, 6) is 2.43. The maximum Gasteiger partial charge on any atom is 0.211 e. The molecule has 0 aliphatic carbocycles. The van der Waals surface area contributed by atoms with Gasteiger partial charge in [-0.1, -0.05) is 6.07 Å². The van der Waals surface area contributed by atoms with E-state index in [1.54, 1.807) is 50.6 Å². The maximum atomic E-state index is 13.5. The number of ether oxygens (including phenoxy) is 4. The van der Waals surface area contributed by atoms with Crippen molar-refractivity contribution in [3.8, 4) is 40.2 Å². The largest absolute Gasteiger partial charge is 0.504 e. The summed E-state index contributed by atoms with van der Waals surface area (Å²) < 4.78 is 22.4. The third-order valence-corrected chi connectivity index (χ3v) is 8.59. The summed E-state index contributed by atoms with van der Waals surface area (Å²) in [6.45, 7) is 1.38. The molecule has 2 aliphatic heterocycles. The normalized spacial score (nSPS) is 15.8. The average molecular weight is 609 g/mol. The highest BCUT2D eigenvalue weighted by atomic mass is 16.5. The van der Waals surface area contributed by atoms with Gasteiger partial charge < -0.3 is 29.2 Å². The monoisotopic (exact) mass is 608 g/mol. The molecule has 9 heteroatoms.